The lowest BCUT2D eigenvalue weighted by Crippen LogP contribution is -2.12. The van der Waals surface area contributed by atoms with Gasteiger partial charge in [0.1, 0.15) is 6.61 Å². The van der Waals surface area contributed by atoms with Crippen LogP contribution in [0.5, 0.6) is 0 Å². The molecule has 0 unspecified atom stereocenters. The molecule has 0 radical (unpaired) electrons. The Kier molecular flexibility index (Phi) is 7.17. The summed E-state index contributed by atoms with van der Waals surface area (Å²) >= 11 is 0. The minimum absolute atomic E-state index is 0.0275. The molecule has 0 saturated heterocycles. The number of ether oxygens (including phenoxy) is 1. The quantitative estimate of drug-likeness (QED) is 0.524. The van der Waals surface area contributed by atoms with E-state index in [1.165, 1.54) is 12.1 Å². The summed E-state index contributed by atoms with van der Waals surface area (Å²) in [6, 6.07) is 22.0. The minimum atomic E-state index is -3.73. The van der Waals surface area contributed by atoms with E-state index >= 15 is 0 Å². The number of benzene rings is 3. The van der Waals surface area contributed by atoms with Crippen molar-refractivity contribution >= 4 is 27.6 Å². The van der Waals surface area contributed by atoms with Gasteiger partial charge < -0.3 is 10.1 Å². The smallest absolute Gasteiger partial charge is 0.306 e. The van der Waals surface area contributed by atoms with Crippen LogP contribution in [0.4, 0.5) is 5.69 Å². The van der Waals surface area contributed by atoms with Crippen molar-refractivity contribution in [2.24, 2.45) is 5.14 Å². The lowest BCUT2D eigenvalue weighted by molar-refractivity contribution is -0.144. The predicted octanol–water partition coefficient (Wildman–Crippen LogP) is 3.26. The summed E-state index contributed by atoms with van der Waals surface area (Å²) in [4.78, 5) is 24.3. The van der Waals surface area contributed by atoms with Crippen LogP contribution >= 0.6 is 0 Å². The maximum absolute atomic E-state index is 12.3. The van der Waals surface area contributed by atoms with E-state index in [1.807, 2.05) is 18.2 Å². The molecule has 7 nitrogen and oxygen atoms in total. The van der Waals surface area contributed by atoms with Gasteiger partial charge >= 0.3 is 5.97 Å². The number of hydrogen-bond donors (Lipinski definition) is 2. The van der Waals surface area contributed by atoms with E-state index in [4.69, 9.17) is 9.88 Å². The van der Waals surface area contributed by atoms with Crippen molar-refractivity contribution < 1.29 is 22.7 Å². The highest BCUT2D eigenvalue weighted by Gasteiger charge is 2.09. The minimum Gasteiger partial charge on any atom is -0.461 e. The van der Waals surface area contributed by atoms with Gasteiger partial charge in [-0.2, -0.15) is 0 Å². The van der Waals surface area contributed by atoms with Gasteiger partial charge in [0.25, 0.3) is 5.91 Å². The van der Waals surface area contributed by atoms with Crippen LogP contribution in [0, 0.1) is 0 Å². The molecule has 3 aromatic carbocycles. The number of sulfonamides is 1. The molecule has 0 aromatic heterocycles. The summed E-state index contributed by atoms with van der Waals surface area (Å²) in [5, 5.41) is 7.87. The second-order valence-electron chi connectivity index (χ2n) is 6.87. The lowest BCUT2D eigenvalue weighted by Gasteiger charge is -2.08. The van der Waals surface area contributed by atoms with Crippen molar-refractivity contribution in [3.05, 3.63) is 95.6 Å². The zero-order valence-corrected chi connectivity index (χ0v) is 17.5. The number of amides is 1. The van der Waals surface area contributed by atoms with Gasteiger partial charge in [-0.05, 0) is 53.9 Å². The molecular formula is C23H22N2O5S. The predicted molar refractivity (Wildman–Crippen MR) is 117 cm³/mol. The van der Waals surface area contributed by atoms with Gasteiger partial charge in [-0.1, -0.05) is 42.5 Å². The highest BCUT2D eigenvalue weighted by molar-refractivity contribution is 7.89. The van der Waals surface area contributed by atoms with Crippen LogP contribution in [0.1, 0.15) is 27.9 Å². The third kappa shape index (κ3) is 6.77. The summed E-state index contributed by atoms with van der Waals surface area (Å²) in [6.45, 7) is 0.101. The van der Waals surface area contributed by atoms with Crippen molar-refractivity contribution in [2.75, 3.05) is 5.32 Å². The Bertz CT molecular complexity index is 1140. The number of primary sulfonamides is 1. The number of anilines is 1. The molecule has 0 heterocycles. The van der Waals surface area contributed by atoms with Crippen molar-refractivity contribution in [3.8, 4) is 0 Å². The molecule has 3 aromatic rings. The zero-order chi connectivity index (χ0) is 22.3. The number of hydrogen-bond acceptors (Lipinski definition) is 5. The zero-order valence-electron chi connectivity index (χ0n) is 16.7. The van der Waals surface area contributed by atoms with Crippen molar-refractivity contribution in [1.82, 2.24) is 0 Å². The van der Waals surface area contributed by atoms with Crippen LogP contribution in [-0.2, 0) is 32.6 Å². The van der Waals surface area contributed by atoms with E-state index in [2.05, 4.69) is 5.32 Å². The first-order valence-corrected chi connectivity index (χ1v) is 11.1. The molecule has 3 rings (SSSR count). The Hall–Kier alpha value is -3.49. The highest BCUT2D eigenvalue weighted by Crippen LogP contribution is 2.13. The van der Waals surface area contributed by atoms with E-state index in [0.717, 1.165) is 11.1 Å². The Balaban J connectivity index is 1.45. The second-order valence-corrected chi connectivity index (χ2v) is 8.43. The maximum Gasteiger partial charge on any atom is 0.306 e. The summed E-state index contributed by atoms with van der Waals surface area (Å²) in [5.74, 6) is -0.593. The molecule has 8 heteroatoms. The van der Waals surface area contributed by atoms with Crippen LogP contribution in [0.15, 0.2) is 83.8 Å². The molecule has 0 fully saturated rings. The topological polar surface area (TPSA) is 116 Å². The fraction of sp³-hybridized carbons (Fsp3) is 0.130. The number of carbonyl (C=O) groups excluding carboxylic acids is 2. The van der Waals surface area contributed by atoms with Gasteiger partial charge in [0.15, 0.2) is 0 Å². The standard InChI is InChI=1S/C23H22N2O5S/c24-31(28,29)21-13-8-17(9-14-21)10-15-22(26)30-16-18-6-11-19(12-7-18)23(27)25-20-4-2-1-3-5-20/h1-9,11-14H,10,15-16H2,(H,25,27)(H2,24,28,29). The highest BCUT2D eigenvalue weighted by atomic mass is 32.2. The fourth-order valence-corrected chi connectivity index (χ4v) is 3.32. The molecule has 160 valence electrons. The van der Waals surface area contributed by atoms with Crippen molar-refractivity contribution in [2.45, 2.75) is 24.3 Å². The van der Waals surface area contributed by atoms with Crippen LogP contribution < -0.4 is 10.5 Å². The van der Waals surface area contributed by atoms with Crippen LogP contribution in [0.25, 0.3) is 0 Å². The Morgan fingerprint density at radius 1 is 0.839 bits per heavy atom. The van der Waals surface area contributed by atoms with E-state index in [9.17, 15) is 18.0 Å². The first-order valence-electron chi connectivity index (χ1n) is 9.54. The fourth-order valence-electron chi connectivity index (χ4n) is 2.81. The molecule has 31 heavy (non-hydrogen) atoms. The number of nitrogens with two attached hydrogens (primary N) is 1. The number of nitrogens with one attached hydrogen (secondary N) is 1. The Labute approximate surface area is 180 Å². The van der Waals surface area contributed by atoms with E-state index in [-0.39, 0.29) is 29.8 Å². The first-order chi connectivity index (χ1) is 14.8. The third-order valence-electron chi connectivity index (χ3n) is 4.52. The van der Waals surface area contributed by atoms with Crippen molar-refractivity contribution in [1.29, 1.82) is 0 Å². The molecular weight excluding hydrogens is 416 g/mol. The SMILES string of the molecule is NS(=O)(=O)c1ccc(CCC(=O)OCc2ccc(C(=O)Nc3ccccc3)cc2)cc1. The van der Waals surface area contributed by atoms with Crippen molar-refractivity contribution in [3.63, 3.8) is 0 Å². The van der Waals surface area contributed by atoms with Gasteiger partial charge in [-0.3, -0.25) is 9.59 Å². The monoisotopic (exact) mass is 438 g/mol. The average molecular weight is 439 g/mol. The summed E-state index contributed by atoms with van der Waals surface area (Å²) < 4.78 is 27.8. The van der Waals surface area contributed by atoms with E-state index < -0.39 is 10.0 Å². The number of para-hydroxylation sites is 1. The number of esters is 1. The molecule has 0 aliphatic carbocycles. The van der Waals surface area contributed by atoms with Crippen LogP contribution in [0.2, 0.25) is 0 Å². The van der Waals surface area contributed by atoms with Gasteiger partial charge in [0.05, 0.1) is 4.90 Å². The first kappa shape index (κ1) is 22.2. The number of rotatable bonds is 8. The lowest BCUT2D eigenvalue weighted by atomic mass is 10.1. The molecule has 0 aliphatic rings. The van der Waals surface area contributed by atoms with Gasteiger partial charge in [-0.15, -0.1) is 0 Å². The molecule has 0 bridgehead atoms. The van der Waals surface area contributed by atoms with Gasteiger partial charge in [0.2, 0.25) is 10.0 Å². The molecule has 1 amide bonds. The summed E-state index contributed by atoms with van der Waals surface area (Å²) in [6.07, 6.45) is 0.578. The van der Waals surface area contributed by atoms with E-state index in [1.54, 1.807) is 48.5 Å². The molecule has 0 saturated carbocycles. The van der Waals surface area contributed by atoms with Gasteiger partial charge in [-0.25, -0.2) is 13.6 Å². The largest absolute Gasteiger partial charge is 0.461 e. The second kappa shape index (κ2) is 10.0. The molecule has 0 spiro atoms. The third-order valence-corrected chi connectivity index (χ3v) is 5.45. The average Bonchev–Trinajstić information content (AvgIpc) is 2.77. The summed E-state index contributed by atoms with van der Waals surface area (Å²) in [7, 11) is -3.73. The molecule has 0 atom stereocenters. The van der Waals surface area contributed by atoms with Gasteiger partial charge in [0, 0.05) is 17.7 Å². The normalized spacial score (nSPS) is 11.0. The van der Waals surface area contributed by atoms with E-state index in [0.29, 0.717) is 17.7 Å². The number of carbonyl (C=O) groups is 2. The van der Waals surface area contributed by atoms with Crippen LogP contribution in [0.3, 0.4) is 0 Å². The maximum atomic E-state index is 12.3. The molecule has 3 N–H and O–H groups in total. The Morgan fingerprint density at radius 3 is 2.06 bits per heavy atom. The number of aryl methyl sites for hydroxylation is 1. The molecule has 0 aliphatic heterocycles. The van der Waals surface area contributed by atoms with Crippen LogP contribution in [-0.4, -0.2) is 20.3 Å². The summed E-state index contributed by atoms with van der Waals surface area (Å²) in [5.41, 5.74) is 2.78. The Morgan fingerprint density at radius 2 is 1.45 bits per heavy atom.